The summed E-state index contributed by atoms with van der Waals surface area (Å²) in [6.45, 7) is 4.69. The van der Waals surface area contributed by atoms with Gasteiger partial charge in [-0.2, -0.15) is 0 Å². The van der Waals surface area contributed by atoms with Crippen molar-refractivity contribution in [2.45, 2.75) is 58.0 Å². The Kier molecular flexibility index (Phi) is 2.40. The number of rotatable bonds is 1. The molecule has 0 radical (unpaired) electrons. The lowest BCUT2D eigenvalue weighted by atomic mass is 9.85. The Balaban J connectivity index is 1.94. The van der Waals surface area contributed by atoms with Crippen molar-refractivity contribution < 1.29 is 0 Å². The summed E-state index contributed by atoms with van der Waals surface area (Å²) in [5.41, 5.74) is 0. The van der Waals surface area contributed by atoms with Gasteiger partial charge in [-0.15, -0.1) is 0 Å². The second-order valence-corrected chi connectivity index (χ2v) is 4.80. The predicted octanol–water partition coefficient (Wildman–Crippen LogP) is 2.56. The van der Waals surface area contributed by atoms with Crippen LogP contribution in [0.25, 0.3) is 0 Å². The van der Waals surface area contributed by atoms with Crippen molar-refractivity contribution >= 4 is 0 Å². The molecule has 1 aliphatic carbocycles. The summed E-state index contributed by atoms with van der Waals surface area (Å²) in [5, 5.41) is 3.64. The summed E-state index contributed by atoms with van der Waals surface area (Å²) >= 11 is 0. The quantitative estimate of drug-likeness (QED) is 0.633. The third-order valence-electron chi connectivity index (χ3n) is 3.82. The zero-order valence-corrected chi connectivity index (χ0v) is 8.34. The summed E-state index contributed by atoms with van der Waals surface area (Å²) in [6, 6.07) is 1.55. The molecule has 2 rings (SSSR count). The van der Waals surface area contributed by atoms with Crippen LogP contribution in [0.1, 0.15) is 46.0 Å². The van der Waals surface area contributed by atoms with Crippen molar-refractivity contribution in [3.8, 4) is 0 Å². The molecule has 2 fully saturated rings. The molecule has 1 saturated heterocycles. The Morgan fingerprint density at radius 1 is 1.08 bits per heavy atom. The van der Waals surface area contributed by atoms with Gasteiger partial charge in [-0.3, -0.25) is 0 Å². The van der Waals surface area contributed by atoms with Crippen LogP contribution in [0.5, 0.6) is 0 Å². The molecule has 0 bridgehead atoms. The summed E-state index contributed by atoms with van der Waals surface area (Å²) in [7, 11) is 0. The van der Waals surface area contributed by atoms with Crippen molar-refractivity contribution in [3.05, 3.63) is 0 Å². The molecule has 2 aliphatic rings. The van der Waals surface area contributed by atoms with Crippen molar-refractivity contribution in [1.29, 1.82) is 0 Å². The van der Waals surface area contributed by atoms with E-state index in [1.165, 1.54) is 32.1 Å². The Bertz CT molecular complexity index is 149. The first-order valence-electron chi connectivity index (χ1n) is 5.53. The van der Waals surface area contributed by atoms with Crippen LogP contribution < -0.4 is 5.32 Å². The van der Waals surface area contributed by atoms with E-state index in [0.29, 0.717) is 0 Å². The average Bonchev–Trinajstić information content (AvgIpc) is 2.58. The van der Waals surface area contributed by atoms with Gasteiger partial charge in [-0.1, -0.05) is 25.7 Å². The topological polar surface area (TPSA) is 12.0 Å². The summed E-state index contributed by atoms with van der Waals surface area (Å²) in [6.07, 6.45) is 7.41. The normalized spacial score (nSPS) is 44.0. The molecule has 0 aromatic heterocycles. The average molecular weight is 167 g/mol. The third kappa shape index (κ3) is 1.52. The van der Waals surface area contributed by atoms with Gasteiger partial charge in [0.2, 0.25) is 0 Å². The van der Waals surface area contributed by atoms with Crippen molar-refractivity contribution in [2.75, 3.05) is 0 Å². The van der Waals surface area contributed by atoms with Crippen LogP contribution in [0, 0.1) is 11.8 Å². The van der Waals surface area contributed by atoms with Crippen molar-refractivity contribution in [2.24, 2.45) is 11.8 Å². The molecule has 1 heteroatoms. The van der Waals surface area contributed by atoms with Crippen LogP contribution in [0.2, 0.25) is 0 Å². The molecule has 1 N–H and O–H groups in total. The summed E-state index contributed by atoms with van der Waals surface area (Å²) in [4.78, 5) is 0. The lowest BCUT2D eigenvalue weighted by Gasteiger charge is -2.21. The SMILES string of the molecule is CC1CC(C2CCCC2)C(C)N1. The molecule has 0 aromatic rings. The fourth-order valence-electron chi connectivity index (χ4n) is 3.24. The fourth-order valence-corrected chi connectivity index (χ4v) is 3.24. The molecule has 0 spiro atoms. The molecule has 1 heterocycles. The van der Waals surface area contributed by atoms with E-state index in [0.717, 1.165) is 23.9 Å². The molecule has 0 amide bonds. The standard InChI is InChI=1S/C11H21N/c1-8-7-11(9(2)12-8)10-5-3-4-6-10/h8-12H,3-7H2,1-2H3. The van der Waals surface area contributed by atoms with Gasteiger partial charge in [0.25, 0.3) is 0 Å². The van der Waals surface area contributed by atoms with Crippen LogP contribution in [-0.2, 0) is 0 Å². The first-order valence-corrected chi connectivity index (χ1v) is 5.53. The highest BCUT2D eigenvalue weighted by molar-refractivity contribution is 4.90. The molecule has 12 heavy (non-hydrogen) atoms. The number of hydrogen-bond donors (Lipinski definition) is 1. The van der Waals surface area contributed by atoms with Crippen LogP contribution >= 0.6 is 0 Å². The molecule has 70 valence electrons. The third-order valence-corrected chi connectivity index (χ3v) is 3.82. The summed E-state index contributed by atoms with van der Waals surface area (Å²) < 4.78 is 0. The maximum Gasteiger partial charge on any atom is 0.00726 e. The van der Waals surface area contributed by atoms with Gasteiger partial charge in [0.05, 0.1) is 0 Å². The van der Waals surface area contributed by atoms with Crippen LogP contribution in [0.4, 0.5) is 0 Å². The van der Waals surface area contributed by atoms with E-state index in [9.17, 15) is 0 Å². The van der Waals surface area contributed by atoms with Crippen LogP contribution in [0.15, 0.2) is 0 Å². The zero-order valence-electron chi connectivity index (χ0n) is 8.34. The maximum absolute atomic E-state index is 3.64. The smallest absolute Gasteiger partial charge is 0.00726 e. The monoisotopic (exact) mass is 167 g/mol. The zero-order chi connectivity index (χ0) is 8.55. The van der Waals surface area contributed by atoms with Crippen molar-refractivity contribution in [1.82, 2.24) is 5.32 Å². The highest BCUT2D eigenvalue weighted by atomic mass is 15.0. The minimum absolute atomic E-state index is 0.769. The molecular weight excluding hydrogens is 146 g/mol. The fraction of sp³-hybridized carbons (Fsp3) is 1.00. The molecule has 0 aromatic carbocycles. The lowest BCUT2D eigenvalue weighted by Crippen LogP contribution is -2.29. The van der Waals surface area contributed by atoms with Gasteiger partial charge in [-0.25, -0.2) is 0 Å². The lowest BCUT2D eigenvalue weighted by molar-refractivity contribution is 0.315. The van der Waals surface area contributed by atoms with E-state index in [1.807, 2.05) is 0 Å². The van der Waals surface area contributed by atoms with Gasteiger partial charge >= 0.3 is 0 Å². The molecule has 3 atom stereocenters. The highest BCUT2D eigenvalue weighted by Gasteiger charge is 2.34. The molecule has 1 saturated carbocycles. The first-order chi connectivity index (χ1) is 5.77. The van der Waals surface area contributed by atoms with Gasteiger partial charge in [-0.05, 0) is 32.1 Å². The second-order valence-electron chi connectivity index (χ2n) is 4.80. The summed E-state index contributed by atoms with van der Waals surface area (Å²) in [5.74, 6) is 2.04. The Morgan fingerprint density at radius 3 is 2.25 bits per heavy atom. The first kappa shape index (κ1) is 8.55. The minimum atomic E-state index is 0.769. The molecule has 1 aliphatic heterocycles. The van der Waals surface area contributed by atoms with Gasteiger partial charge in [0.15, 0.2) is 0 Å². The largest absolute Gasteiger partial charge is 0.311 e. The molecule has 3 unspecified atom stereocenters. The van der Waals surface area contributed by atoms with E-state index in [4.69, 9.17) is 0 Å². The molecule has 1 nitrogen and oxygen atoms in total. The van der Waals surface area contributed by atoms with E-state index >= 15 is 0 Å². The van der Waals surface area contributed by atoms with Crippen LogP contribution in [0.3, 0.4) is 0 Å². The van der Waals surface area contributed by atoms with E-state index < -0.39 is 0 Å². The van der Waals surface area contributed by atoms with Gasteiger partial charge < -0.3 is 5.32 Å². The van der Waals surface area contributed by atoms with E-state index in [1.54, 1.807) is 0 Å². The predicted molar refractivity (Wildman–Crippen MR) is 52.1 cm³/mol. The van der Waals surface area contributed by atoms with Gasteiger partial charge in [0, 0.05) is 12.1 Å². The highest BCUT2D eigenvalue weighted by Crippen LogP contribution is 2.38. The second kappa shape index (κ2) is 3.37. The van der Waals surface area contributed by atoms with Crippen LogP contribution in [-0.4, -0.2) is 12.1 Å². The number of nitrogens with one attached hydrogen (secondary N) is 1. The van der Waals surface area contributed by atoms with E-state index in [2.05, 4.69) is 19.2 Å². The Labute approximate surface area is 75.9 Å². The number of hydrogen-bond acceptors (Lipinski definition) is 1. The molecular formula is C11H21N. The minimum Gasteiger partial charge on any atom is -0.311 e. The van der Waals surface area contributed by atoms with Gasteiger partial charge in [0.1, 0.15) is 0 Å². The van der Waals surface area contributed by atoms with Crippen molar-refractivity contribution in [3.63, 3.8) is 0 Å². The Morgan fingerprint density at radius 2 is 1.75 bits per heavy atom. The maximum atomic E-state index is 3.64. The Hall–Kier alpha value is -0.0400. The van der Waals surface area contributed by atoms with E-state index in [-0.39, 0.29) is 0 Å².